The third-order valence-electron chi connectivity index (χ3n) is 1.95. The van der Waals surface area contributed by atoms with E-state index in [0.29, 0.717) is 16.8 Å². The zero-order chi connectivity index (χ0) is 10.1. The molecular formula is C10H14N2O. The van der Waals surface area contributed by atoms with Crippen LogP contribution in [0.1, 0.15) is 25.0 Å². The van der Waals surface area contributed by atoms with E-state index in [4.69, 9.17) is 11.1 Å². The van der Waals surface area contributed by atoms with Crippen molar-refractivity contribution in [3.63, 3.8) is 0 Å². The number of nitrogens with one attached hydrogen (secondary N) is 1. The van der Waals surface area contributed by atoms with Crippen molar-refractivity contribution in [2.75, 3.05) is 5.73 Å². The Morgan fingerprint density at radius 2 is 2.08 bits per heavy atom. The predicted octanol–water partition coefficient (Wildman–Crippen LogP) is 1.49. The molecule has 0 heterocycles. The summed E-state index contributed by atoms with van der Waals surface area (Å²) in [5, 5.41) is 16.8. The van der Waals surface area contributed by atoms with E-state index in [2.05, 4.69) is 0 Å². The highest BCUT2D eigenvalue weighted by Gasteiger charge is 2.19. The Morgan fingerprint density at radius 1 is 1.46 bits per heavy atom. The monoisotopic (exact) mass is 178 g/mol. The summed E-state index contributed by atoms with van der Waals surface area (Å²) in [6, 6.07) is 5.30. The van der Waals surface area contributed by atoms with Gasteiger partial charge < -0.3 is 16.2 Å². The molecule has 0 spiro atoms. The van der Waals surface area contributed by atoms with E-state index >= 15 is 0 Å². The van der Waals surface area contributed by atoms with Crippen LogP contribution in [0.25, 0.3) is 0 Å². The average molecular weight is 178 g/mol. The molecule has 3 nitrogen and oxygen atoms in total. The maximum Gasteiger partial charge on any atom is 0.0860 e. The first-order chi connectivity index (χ1) is 5.96. The molecule has 0 aliphatic heterocycles. The number of para-hydroxylation sites is 1. The minimum absolute atomic E-state index is 0.477. The van der Waals surface area contributed by atoms with Crippen molar-refractivity contribution in [1.82, 2.24) is 0 Å². The summed E-state index contributed by atoms with van der Waals surface area (Å²) in [5.41, 5.74) is 6.59. The molecule has 0 radical (unpaired) electrons. The van der Waals surface area contributed by atoms with Crippen LogP contribution in [0, 0.1) is 5.41 Å². The van der Waals surface area contributed by atoms with Crippen LogP contribution in [0.3, 0.4) is 0 Å². The Labute approximate surface area is 77.7 Å². The molecule has 0 aliphatic carbocycles. The quantitative estimate of drug-likeness (QED) is 0.474. The summed E-state index contributed by atoms with van der Waals surface area (Å²) >= 11 is 0. The van der Waals surface area contributed by atoms with Crippen LogP contribution in [0.4, 0.5) is 5.69 Å². The summed E-state index contributed by atoms with van der Waals surface area (Å²) in [7, 11) is 0. The third-order valence-corrected chi connectivity index (χ3v) is 1.95. The zero-order valence-corrected chi connectivity index (χ0v) is 7.83. The van der Waals surface area contributed by atoms with Crippen LogP contribution >= 0.6 is 0 Å². The molecule has 4 N–H and O–H groups in total. The lowest BCUT2D eigenvalue weighted by Gasteiger charge is -2.20. The highest BCUT2D eigenvalue weighted by atomic mass is 16.3. The Kier molecular flexibility index (Phi) is 2.38. The minimum atomic E-state index is -0.955. The van der Waals surface area contributed by atoms with E-state index in [0.717, 1.165) is 0 Å². The van der Waals surface area contributed by atoms with Crippen LogP contribution < -0.4 is 5.73 Å². The molecule has 0 saturated heterocycles. The van der Waals surface area contributed by atoms with Gasteiger partial charge in [-0.3, -0.25) is 0 Å². The van der Waals surface area contributed by atoms with Gasteiger partial charge in [0.15, 0.2) is 0 Å². The number of hydrogen-bond donors (Lipinski definition) is 3. The third kappa shape index (κ3) is 1.87. The summed E-state index contributed by atoms with van der Waals surface area (Å²) in [6.07, 6.45) is 1.19. The van der Waals surface area contributed by atoms with Crippen LogP contribution in [0.5, 0.6) is 0 Å². The Morgan fingerprint density at radius 3 is 2.54 bits per heavy atom. The number of anilines is 1. The van der Waals surface area contributed by atoms with Gasteiger partial charge in [0, 0.05) is 23.0 Å². The molecule has 1 rings (SSSR count). The van der Waals surface area contributed by atoms with E-state index in [-0.39, 0.29) is 0 Å². The van der Waals surface area contributed by atoms with Crippen molar-refractivity contribution in [3.05, 3.63) is 29.3 Å². The summed E-state index contributed by atoms with van der Waals surface area (Å²) in [6.45, 7) is 3.35. The average Bonchev–Trinajstić information content (AvgIpc) is 2.02. The fourth-order valence-corrected chi connectivity index (χ4v) is 1.24. The lowest BCUT2D eigenvalue weighted by molar-refractivity contribution is 0.0794. The molecule has 0 aromatic heterocycles. The van der Waals surface area contributed by atoms with E-state index < -0.39 is 5.60 Å². The van der Waals surface area contributed by atoms with Gasteiger partial charge in [0.05, 0.1) is 5.60 Å². The maximum atomic E-state index is 9.73. The second-order valence-corrected chi connectivity index (χ2v) is 3.51. The van der Waals surface area contributed by atoms with E-state index in [1.807, 2.05) is 0 Å². The van der Waals surface area contributed by atoms with Crippen molar-refractivity contribution in [2.45, 2.75) is 19.4 Å². The van der Waals surface area contributed by atoms with Gasteiger partial charge in [-0.25, -0.2) is 0 Å². The van der Waals surface area contributed by atoms with Gasteiger partial charge in [-0.1, -0.05) is 18.2 Å². The lowest BCUT2D eigenvalue weighted by atomic mass is 9.94. The summed E-state index contributed by atoms with van der Waals surface area (Å²) < 4.78 is 0. The molecule has 0 aliphatic rings. The fourth-order valence-electron chi connectivity index (χ4n) is 1.24. The summed E-state index contributed by atoms with van der Waals surface area (Å²) in [5.74, 6) is 0. The SMILES string of the molecule is CC(C)(O)c1cccc(C=N)c1N. The lowest BCUT2D eigenvalue weighted by Crippen LogP contribution is -2.18. The fraction of sp³-hybridized carbons (Fsp3) is 0.300. The molecule has 1 aromatic carbocycles. The van der Waals surface area contributed by atoms with Crippen molar-refractivity contribution in [2.24, 2.45) is 0 Å². The number of aliphatic hydroxyl groups is 1. The van der Waals surface area contributed by atoms with Gasteiger partial charge in [-0.15, -0.1) is 0 Å². The van der Waals surface area contributed by atoms with E-state index in [1.54, 1.807) is 32.0 Å². The van der Waals surface area contributed by atoms with Crippen molar-refractivity contribution in [1.29, 1.82) is 5.41 Å². The highest BCUT2D eigenvalue weighted by molar-refractivity contribution is 5.86. The molecule has 0 fully saturated rings. The molecule has 0 amide bonds. The van der Waals surface area contributed by atoms with Crippen LogP contribution in [-0.4, -0.2) is 11.3 Å². The Bertz CT molecular complexity index is 326. The summed E-state index contributed by atoms with van der Waals surface area (Å²) in [4.78, 5) is 0. The molecule has 0 bridgehead atoms. The van der Waals surface area contributed by atoms with Gasteiger partial charge in [-0.05, 0) is 13.8 Å². The Balaban J connectivity index is 3.32. The molecule has 3 heteroatoms. The first kappa shape index (κ1) is 9.74. The second kappa shape index (κ2) is 3.18. The number of hydrogen-bond acceptors (Lipinski definition) is 3. The van der Waals surface area contributed by atoms with Crippen LogP contribution in [0.15, 0.2) is 18.2 Å². The number of nitrogens with two attached hydrogens (primary N) is 1. The number of rotatable bonds is 2. The molecule has 0 atom stereocenters. The van der Waals surface area contributed by atoms with E-state index in [9.17, 15) is 5.11 Å². The number of benzene rings is 1. The normalized spacial score (nSPS) is 11.3. The maximum absolute atomic E-state index is 9.73. The highest BCUT2D eigenvalue weighted by Crippen LogP contribution is 2.27. The molecule has 0 saturated carbocycles. The largest absolute Gasteiger partial charge is 0.398 e. The molecule has 1 aromatic rings. The van der Waals surface area contributed by atoms with Crippen LogP contribution in [-0.2, 0) is 5.60 Å². The molecule has 0 unspecified atom stereocenters. The first-order valence-corrected chi connectivity index (χ1v) is 4.08. The molecule has 70 valence electrons. The molecule has 13 heavy (non-hydrogen) atoms. The molecular weight excluding hydrogens is 164 g/mol. The second-order valence-electron chi connectivity index (χ2n) is 3.51. The zero-order valence-electron chi connectivity index (χ0n) is 7.83. The van der Waals surface area contributed by atoms with Crippen LogP contribution in [0.2, 0.25) is 0 Å². The van der Waals surface area contributed by atoms with Gasteiger partial charge in [0.1, 0.15) is 0 Å². The standard InChI is InChI=1S/C10H14N2O/c1-10(2,13)8-5-3-4-7(6-11)9(8)12/h3-6,11,13H,12H2,1-2H3. The van der Waals surface area contributed by atoms with Crippen molar-refractivity contribution < 1.29 is 5.11 Å². The van der Waals surface area contributed by atoms with Gasteiger partial charge in [0.2, 0.25) is 0 Å². The van der Waals surface area contributed by atoms with Crippen molar-refractivity contribution >= 4 is 11.9 Å². The first-order valence-electron chi connectivity index (χ1n) is 4.08. The van der Waals surface area contributed by atoms with E-state index in [1.165, 1.54) is 6.21 Å². The van der Waals surface area contributed by atoms with Crippen molar-refractivity contribution in [3.8, 4) is 0 Å². The van der Waals surface area contributed by atoms with Gasteiger partial charge >= 0.3 is 0 Å². The topological polar surface area (TPSA) is 70.1 Å². The Hall–Kier alpha value is -1.35. The van der Waals surface area contributed by atoms with Gasteiger partial charge in [-0.2, -0.15) is 0 Å². The number of nitrogen functional groups attached to an aromatic ring is 1. The van der Waals surface area contributed by atoms with Gasteiger partial charge in [0.25, 0.3) is 0 Å². The minimum Gasteiger partial charge on any atom is -0.398 e. The predicted molar refractivity (Wildman–Crippen MR) is 54.0 cm³/mol. The smallest absolute Gasteiger partial charge is 0.0860 e.